The van der Waals surface area contributed by atoms with Gasteiger partial charge in [0.15, 0.2) is 11.5 Å². The second-order valence-corrected chi connectivity index (χ2v) is 5.75. The van der Waals surface area contributed by atoms with Crippen molar-refractivity contribution in [3.8, 4) is 17.2 Å². The van der Waals surface area contributed by atoms with Crippen molar-refractivity contribution in [1.82, 2.24) is 0 Å². The molecule has 0 spiro atoms. The van der Waals surface area contributed by atoms with Crippen LogP contribution in [-0.4, -0.2) is 20.3 Å². The summed E-state index contributed by atoms with van der Waals surface area (Å²) in [5.41, 5.74) is 1.94. The molecule has 0 heterocycles. The Balaban J connectivity index is 1.78. The van der Waals surface area contributed by atoms with Gasteiger partial charge in [0.05, 0.1) is 20.3 Å². The Morgan fingerprint density at radius 1 is 0.870 bits per heavy atom. The fraction of sp³-hybridized carbons (Fsp3) is 0.368. The third kappa shape index (κ3) is 3.89. The molecular weight excluding hydrogens is 290 g/mol. The summed E-state index contributed by atoms with van der Waals surface area (Å²) >= 11 is 0. The van der Waals surface area contributed by atoms with Gasteiger partial charge in [-0.1, -0.05) is 6.07 Å². The number of rotatable bonds is 6. The molecule has 1 aliphatic rings. The number of methoxy groups -OCH3 is 2. The minimum atomic E-state index is 0.302. The Hall–Kier alpha value is -2.36. The molecule has 122 valence electrons. The molecule has 0 amide bonds. The van der Waals surface area contributed by atoms with Crippen molar-refractivity contribution in [2.24, 2.45) is 0 Å². The first kappa shape index (κ1) is 15.5. The minimum Gasteiger partial charge on any atom is -0.497 e. The summed E-state index contributed by atoms with van der Waals surface area (Å²) in [5, 5.41) is 3.38. The predicted molar refractivity (Wildman–Crippen MR) is 92.2 cm³/mol. The molecule has 2 aromatic carbocycles. The standard InChI is InChI=1S/C19H23NO3/c1-21-17-9-5-6-14(12-17)20-15-10-11-18(22-2)19(13-15)23-16-7-3-4-8-16/h5-6,9-13,16,20H,3-4,7-8H2,1-2H3. The van der Waals surface area contributed by atoms with Crippen LogP contribution < -0.4 is 19.5 Å². The molecule has 0 radical (unpaired) electrons. The zero-order chi connectivity index (χ0) is 16.1. The van der Waals surface area contributed by atoms with E-state index in [0.717, 1.165) is 41.5 Å². The van der Waals surface area contributed by atoms with E-state index in [0.29, 0.717) is 6.10 Å². The van der Waals surface area contributed by atoms with Crippen LogP contribution >= 0.6 is 0 Å². The maximum atomic E-state index is 6.13. The van der Waals surface area contributed by atoms with E-state index >= 15 is 0 Å². The van der Waals surface area contributed by atoms with Crippen molar-refractivity contribution in [2.75, 3.05) is 19.5 Å². The van der Waals surface area contributed by atoms with E-state index in [1.54, 1.807) is 14.2 Å². The van der Waals surface area contributed by atoms with Crippen LogP contribution in [0, 0.1) is 0 Å². The first-order valence-corrected chi connectivity index (χ1v) is 8.04. The molecular formula is C19H23NO3. The normalized spacial score (nSPS) is 14.5. The van der Waals surface area contributed by atoms with Crippen molar-refractivity contribution in [3.63, 3.8) is 0 Å². The van der Waals surface area contributed by atoms with Crippen LogP contribution in [-0.2, 0) is 0 Å². The molecule has 0 aromatic heterocycles. The lowest BCUT2D eigenvalue weighted by Gasteiger charge is -2.17. The third-order valence-corrected chi connectivity index (χ3v) is 4.12. The number of ether oxygens (including phenoxy) is 3. The van der Waals surface area contributed by atoms with Gasteiger partial charge in [-0.15, -0.1) is 0 Å². The summed E-state index contributed by atoms with van der Waals surface area (Å²) in [6, 6.07) is 13.8. The van der Waals surface area contributed by atoms with E-state index in [1.165, 1.54) is 12.8 Å². The molecule has 0 aliphatic heterocycles. The zero-order valence-corrected chi connectivity index (χ0v) is 13.7. The number of benzene rings is 2. The summed E-state index contributed by atoms with van der Waals surface area (Å²) in [4.78, 5) is 0. The molecule has 3 rings (SSSR count). The smallest absolute Gasteiger partial charge is 0.163 e. The molecule has 0 bridgehead atoms. The van der Waals surface area contributed by atoms with Gasteiger partial charge in [0.1, 0.15) is 5.75 Å². The number of anilines is 2. The molecule has 2 aromatic rings. The molecule has 1 aliphatic carbocycles. The first-order chi connectivity index (χ1) is 11.3. The molecule has 4 nitrogen and oxygen atoms in total. The molecule has 1 saturated carbocycles. The number of nitrogens with one attached hydrogen (secondary N) is 1. The van der Waals surface area contributed by atoms with Crippen molar-refractivity contribution in [2.45, 2.75) is 31.8 Å². The van der Waals surface area contributed by atoms with E-state index in [4.69, 9.17) is 14.2 Å². The van der Waals surface area contributed by atoms with Crippen LogP contribution in [0.15, 0.2) is 42.5 Å². The van der Waals surface area contributed by atoms with Gasteiger partial charge in [0.25, 0.3) is 0 Å². The Bertz CT molecular complexity index is 651. The highest BCUT2D eigenvalue weighted by Crippen LogP contribution is 2.35. The summed E-state index contributed by atoms with van der Waals surface area (Å²) in [6.07, 6.45) is 5.03. The average Bonchev–Trinajstić information content (AvgIpc) is 3.08. The Kier molecular flexibility index (Phi) is 4.91. The third-order valence-electron chi connectivity index (χ3n) is 4.12. The van der Waals surface area contributed by atoms with Gasteiger partial charge >= 0.3 is 0 Å². The molecule has 1 N–H and O–H groups in total. The second kappa shape index (κ2) is 7.27. The van der Waals surface area contributed by atoms with Crippen LogP contribution in [0.4, 0.5) is 11.4 Å². The van der Waals surface area contributed by atoms with Crippen LogP contribution in [0.5, 0.6) is 17.2 Å². The molecule has 0 atom stereocenters. The quantitative estimate of drug-likeness (QED) is 0.834. The average molecular weight is 313 g/mol. The van der Waals surface area contributed by atoms with Crippen molar-refractivity contribution in [1.29, 1.82) is 0 Å². The molecule has 1 fully saturated rings. The summed E-state index contributed by atoms with van der Waals surface area (Å²) in [5.74, 6) is 2.39. The lowest BCUT2D eigenvalue weighted by Crippen LogP contribution is -2.11. The number of hydrogen-bond donors (Lipinski definition) is 1. The van der Waals surface area contributed by atoms with Gasteiger partial charge < -0.3 is 19.5 Å². The zero-order valence-electron chi connectivity index (χ0n) is 13.7. The molecule has 0 saturated heterocycles. The highest BCUT2D eigenvalue weighted by atomic mass is 16.5. The Labute approximate surface area is 137 Å². The lowest BCUT2D eigenvalue weighted by molar-refractivity contribution is 0.201. The predicted octanol–water partition coefficient (Wildman–Crippen LogP) is 4.77. The van der Waals surface area contributed by atoms with Crippen molar-refractivity contribution < 1.29 is 14.2 Å². The van der Waals surface area contributed by atoms with Gasteiger partial charge in [0, 0.05) is 23.5 Å². The van der Waals surface area contributed by atoms with E-state index in [9.17, 15) is 0 Å². The maximum Gasteiger partial charge on any atom is 0.163 e. The van der Waals surface area contributed by atoms with Crippen LogP contribution in [0.1, 0.15) is 25.7 Å². The largest absolute Gasteiger partial charge is 0.497 e. The van der Waals surface area contributed by atoms with Gasteiger partial charge in [-0.2, -0.15) is 0 Å². The Morgan fingerprint density at radius 2 is 1.65 bits per heavy atom. The fourth-order valence-corrected chi connectivity index (χ4v) is 2.90. The van der Waals surface area contributed by atoms with E-state index in [-0.39, 0.29) is 0 Å². The lowest BCUT2D eigenvalue weighted by atomic mass is 10.2. The van der Waals surface area contributed by atoms with Gasteiger partial charge in [0.2, 0.25) is 0 Å². The van der Waals surface area contributed by atoms with Crippen LogP contribution in [0.25, 0.3) is 0 Å². The maximum absolute atomic E-state index is 6.13. The van der Waals surface area contributed by atoms with E-state index in [1.807, 2.05) is 42.5 Å². The van der Waals surface area contributed by atoms with Crippen LogP contribution in [0.3, 0.4) is 0 Å². The SMILES string of the molecule is COc1cccc(Nc2ccc(OC)c(OC3CCCC3)c2)c1. The fourth-order valence-electron chi connectivity index (χ4n) is 2.90. The van der Waals surface area contributed by atoms with Gasteiger partial charge in [-0.3, -0.25) is 0 Å². The van der Waals surface area contributed by atoms with Gasteiger partial charge in [-0.25, -0.2) is 0 Å². The van der Waals surface area contributed by atoms with E-state index in [2.05, 4.69) is 5.32 Å². The van der Waals surface area contributed by atoms with Crippen molar-refractivity contribution in [3.05, 3.63) is 42.5 Å². The first-order valence-electron chi connectivity index (χ1n) is 8.04. The second-order valence-electron chi connectivity index (χ2n) is 5.75. The van der Waals surface area contributed by atoms with Crippen molar-refractivity contribution >= 4 is 11.4 Å². The summed E-state index contributed by atoms with van der Waals surface area (Å²) in [6.45, 7) is 0. The molecule has 0 unspecified atom stereocenters. The number of hydrogen-bond acceptors (Lipinski definition) is 4. The molecule has 23 heavy (non-hydrogen) atoms. The van der Waals surface area contributed by atoms with E-state index < -0.39 is 0 Å². The summed E-state index contributed by atoms with van der Waals surface area (Å²) in [7, 11) is 3.34. The topological polar surface area (TPSA) is 39.7 Å². The monoisotopic (exact) mass is 313 g/mol. The Morgan fingerprint density at radius 3 is 2.39 bits per heavy atom. The molecule has 4 heteroatoms. The minimum absolute atomic E-state index is 0.302. The highest BCUT2D eigenvalue weighted by Gasteiger charge is 2.18. The summed E-state index contributed by atoms with van der Waals surface area (Å²) < 4.78 is 16.8. The van der Waals surface area contributed by atoms with Crippen LogP contribution in [0.2, 0.25) is 0 Å². The highest BCUT2D eigenvalue weighted by molar-refractivity contribution is 5.64. The van der Waals surface area contributed by atoms with Gasteiger partial charge in [-0.05, 0) is 49.9 Å².